The van der Waals surface area contributed by atoms with Gasteiger partial charge in [0.1, 0.15) is 0 Å². The maximum Gasteiger partial charge on any atom is 0.264 e. The quantitative estimate of drug-likeness (QED) is 0.892. The van der Waals surface area contributed by atoms with Gasteiger partial charge in [-0.2, -0.15) is 5.10 Å². The predicted molar refractivity (Wildman–Crippen MR) is 71.7 cm³/mol. The van der Waals surface area contributed by atoms with E-state index in [0.29, 0.717) is 11.4 Å². The second-order valence-electron chi connectivity index (χ2n) is 3.72. The van der Waals surface area contributed by atoms with E-state index in [1.165, 1.54) is 12.1 Å². The number of hydrogen-bond acceptors (Lipinski definition) is 3. The Kier molecular flexibility index (Phi) is 3.57. The predicted octanol–water partition coefficient (Wildman–Crippen LogP) is 2.09. The van der Waals surface area contributed by atoms with Crippen LogP contribution in [0.5, 0.6) is 0 Å². The fraction of sp³-hybridized carbons (Fsp3) is 0.0833. The average molecular weight is 308 g/mol. The second-order valence-corrected chi connectivity index (χ2v) is 4.64. The molecule has 92 valence electrons. The summed E-state index contributed by atoms with van der Waals surface area (Å²) in [6.07, 6.45) is 0. The van der Waals surface area contributed by atoms with Gasteiger partial charge in [-0.1, -0.05) is 22.0 Å². The van der Waals surface area contributed by atoms with Crippen LogP contribution >= 0.6 is 15.9 Å². The van der Waals surface area contributed by atoms with E-state index in [-0.39, 0.29) is 11.5 Å². The lowest BCUT2D eigenvalue weighted by Crippen LogP contribution is -2.16. The first-order chi connectivity index (χ1) is 8.56. The topological polar surface area (TPSA) is 74.8 Å². The highest BCUT2D eigenvalue weighted by Crippen LogP contribution is 2.17. The molecule has 1 aromatic carbocycles. The van der Waals surface area contributed by atoms with Gasteiger partial charge >= 0.3 is 0 Å². The van der Waals surface area contributed by atoms with Crippen LogP contribution in [0.2, 0.25) is 0 Å². The molecule has 6 heteroatoms. The third-order valence-corrected chi connectivity index (χ3v) is 2.86. The Morgan fingerprint density at radius 2 is 2.11 bits per heavy atom. The number of hydrogen-bond donors (Lipinski definition) is 2. The summed E-state index contributed by atoms with van der Waals surface area (Å²) in [7, 11) is 0. The molecule has 0 saturated heterocycles. The van der Waals surface area contributed by atoms with Crippen LogP contribution in [0, 0.1) is 6.92 Å². The van der Waals surface area contributed by atoms with Crippen molar-refractivity contribution in [3.05, 3.63) is 56.3 Å². The van der Waals surface area contributed by atoms with E-state index < -0.39 is 0 Å². The molecular formula is C12H10BrN3O2. The maximum atomic E-state index is 12.0. The van der Waals surface area contributed by atoms with Gasteiger partial charge in [0.15, 0.2) is 5.82 Å². The van der Waals surface area contributed by atoms with Gasteiger partial charge in [-0.3, -0.25) is 9.59 Å². The molecule has 0 atom stereocenters. The molecular weight excluding hydrogens is 298 g/mol. The van der Waals surface area contributed by atoms with E-state index in [9.17, 15) is 9.59 Å². The summed E-state index contributed by atoms with van der Waals surface area (Å²) in [5.41, 5.74) is 1.10. The molecule has 0 saturated carbocycles. The van der Waals surface area contributed by atoms with Gasteiger partial charge in [0.2, 0.25) is 0 Å². The molecule has 0 fully saturated rings. The van der Waals surface area contributed by atoms with E-state index in [1.54, 1.807) is 6.07 Å². The van der Waals surface area contributed by atoms with Crippen molar-refractivity contribution in [2.75, 3.05) is 5.32 Å². The van der Waals surface area contributed by atoms with Crippen LogP contribution in [0.15, 0.2) is 39.6 Å². The molecule has 2 rings (SSSR count). The number of halogens is 1. The summed E-state index contributed by atoms with van der Waals surface area (Å²) in [5.74, 6) is 0.0346. The van der Waals surface area contributed by atoms with E-state index in [1.807, 2.05) is 19.1 Å². The van der Waals surface area contributed by atoms with Gasteiger partial charge in [0, 0.05) is 16.1 Å². The summed E-state index contributed by atoms with van der Waals surface area (Å²) in [6.45, 7) is 1.85. The van der Waals surface area contributed by atoms with Gasteiger partial charge in [-0.15, -0.1) is 0 Å². The first-order valence-corrected chi connectivity index (χ1v) is 5.99. The summed E-state index contributed by atoms with van der Waals surface area (Å²) in [4.78, 5) is 22.8. The number of nitrogens with one attached hydrogen (secondary N) is 2. The Bertz CT molecular complexity index is 632. The largest absolute Gasteiger partial charge is 0.305 e. The molecule has 2 aromatic rings. The van der Waals surface area contributed by atoms with Gasteiger partial charge in [-0.25, -0.2) is 5.10 Å². The number of amides is 1. The number of H-pyrrole nitrogens is 1. The van der Waals surface area contributed by atoms with E-state index >= 15 is 0 Å². The fourth-order valence-electron chi connectivity index (χ4n) is 1.44. The lowest BCUT2D eigenvalue weighted by molar-refractivity contribution is 0.102. The Labute approximate surface area is 111 Å². The lowest BCUT2D eigenvalue weighted by Gasteiger charge is -2.06. The SMILES string of the molecule is Cc1ccc(Br)cc1C(=O)Nc1ccc(=O)[nH]n1. The summed E-state index contributed by atoms with van der Waals surface area (Å²) >= 11 is 3.32. The highest BCUT2D eigenvalue weighted by Gasteiger charge is 2.10. The molecule has 0 spiro atoms. The van der Waals surface area contributed by atoms with Gasteiger partial charge in [0.05, 0.1) is 0 Å². The minimum Gasteiger partial charge on any atom is -0.305 e. The van der Waals surface area contributed by atoms with E-state index in [0.717, 1.165) is 10.0 Å². The zero-order chi connectivity index (χ0) is 13.1. The number of aromatic nitrogens is 2. The molecule has 0 aliphatic rings. The lowest BCUT2D eigenvalue weighted by atomic mass is 10.1. The Balaban J connectivity index is 2.24. The maximum absolute atomic E-state index is 12.0. The molecule has 5 nitrogen and oxygen atoms in total. The van der Waals surface area contributed by atoms with Crippen LogP contribution in [0.3, 0.4) is 0 Å². The van der Waals surface area contributed by atoms with Crippen molar-refractivity contribution < 1.29 is 4.79 Å². The monoisotopic (exact) mass is 307 g/mol. The van der Waals surface area contributed by atoms with Crippen molar-refractivity contribution >= 4 is 27.7 Å². The second kappa shape index (κ2) is 5.14. The normalized spacial score (nSPS) is 10.1. The average Bonchev–Trinajstić information content (AvgIpc) is 2.35. The molecule has 0 bridgehead atoms. The van der Waals surface area contributed by atoms with Crippen LogP contribution in [0.4, 0.5) is 5.82 Å². The number of carbonyl (C=O) groups is 1. The molecule has 0 aliphatic carbocycles. The Morgan fingerprint density at radius 3 is 2.78 bits per heavy atom. The molecule has 2 N–H and O–H groups in total. The van der Waals surface area contributed by atoms with Crippen LogP contribution in [-0.4, -0.2) is 16.1 Å². The van der Waals surface area contributed by atoms with E-state index in [4.69, 9.17) is 0 Å². The first kappa shape index (κ1) is 12.5. The fourth-order valence-corrected chi connectivity index (χ4v) is 1.80. The molecule has 18 heavy (non-hydrogen) atoms. The number of aryl methyl sites for hydroxylation is 1. The Morgan fingerprint density at radius 1 is 1.33 bits per heavy atom. The number of benzene rings is 1. The van der Waals surface area contributed by atoms with Crippen molar-refractivity contribution in [1.29, 1.82) is 0 Å². The van der Waals surface area contributed by atoms with Gasteiger partial charge < -0.3 is 5.32 Å². The van der Waals surface area contributed by atoms with Gasteiger partial charge in [-0.05, 0) is 30.7 Å². The zero-order valence-electron chi connectivity index (χ0n) is 9.53. The number of nitrogens with zero attached hydrogens (tertiary/aromatic N) is 1. The van der Waals surface area contributed by atoms with E-state index in [2.05, 4.69) is 31.4 Å². The van der Waals surface area contributed by atoms with Crippen molar-refractivity contribution in [1.82, 2.24) is 10.2 Å². The van der Waals surface area contributed by atoms with Crippen molar-refractivity contribution in [3.8, 4) is 0 Å². The summed E-state index contributed by atoms with van der Waals surface area (Å²) in [5, 5.41) is 8.58. The first-order valence-electron chi connectivity index (χ1n) is 5.19. The number of rotatable bonds is 2. The van der Waals surface area contributed by atoms with Crippen molar-refractivity contribution in [2.24, 2.45) is 0 Å². The molecule has 0 radical (unpaired) electrons. The molecule has 0 aliphatic heterocycles. The summed E-state index contributed by atoms with van der Waals surface area (Å²) < 4.78 is 0.827. The zero-order valence-corrected chi connectivity index (χ0v) is 11.1. The molecule has 1 amide bonds. The molecule has 1 heterocycles. The van der Waals surface area contributed by atoms with Crippen LogP contribution in [0.25, 0.3) is 0 Å². The minimum atomic E-state index is -0.313. The van der Waals surface area contributed by atoms with Crippen molar-refractivity contribution in [2.45, 2.75) is 6.92 Å². The number of anilines is 1. The highest BCUT2D eigenvalue weighted by molar-refractivity contribution is 9.10. The molecule has 0 unspecified atom stereocenters. The third-order valence-electron chi connectivity index (χ3n) is 2.36. The van der Waals surface area contributed by atoms with Crippen LogP contribution in [-0.2, 0) is 0 Å². The smallest absolute Gasteiger partial charge is 0.264 e. The minimum absolute atomic E-state index is 0.270. The van der Waals surface area contributed by atoms with Gasteiger partial charge in [0.25, 0.3) is 11.5 Å². The summed E-state index contributed by atoms with van der Waals surface area (Å²) in [6, 6.07) is 8.19. The molecule has 1 aromatic heterocycles. The number of carbonyl (C=O) groups excluding carboxylic acids is 1. The van der Waals surface area contributed by atoms with Crippen LogP contribution < -0.4 is 10.9 Å². The third kappa shape index (κ3) is 2.84. The highest BCUT2D eigenvalue weighted by atomic mass is 79.9. The van der Waals surface area contributed by atoms with Crippen LogP contribution in [0.1, 0.15) is 15.9 Å². The van der Waals surface area contributed by atoms with Crippen molar-refractivity contribution in [3.63, 3.8) is 0 Å². The Hall–Kier alpha value is -1.95. The standard InChI is InChI=1S/C12H10BrN3O2/c1-7-2-3-8(13)6-9(7)12(18)14-10-4-5-11(17)16-15-10/h2-6H,1H3,(H,16,17)(H,14,15,18). The number of aromatic amines is 1.